The molecule has 2 rings (SSSR count). The summed E-state index contributed by atoms with van der Waals surface area (Å²) in [4.78, 5) is 11.7. The molecule has 0 fully saturated rings. The van der Waals surface area contributed by atoms with Crippen LogP contribution in [-0.4, -0.2) is 15.4 Å². The maximum Gasteiger partial charge on any atom is 0.185 e. The van der Waals surface area contributed by atoms with E-state index in [0.717, 1.165) is 0 Å². The molecule has 2 aromatic rings. The molecule has 86 valence electrons. The Bertz CT molecular complexity index is 569. The Balaban J connectivity index is 2.17. The van der Waals surface area contributed by atoms with E-state index < -0.39 is 5.82 Å². The Hall–Kier alpha value is -1.40. The minimum atomic E-state index is -0.394. The lowest BCUT2D eigenvalue weighted by Crippen LogP contribution is -1.94. The lowest BCUT2D eigenvalue weighted by atomic mass is 10.1. The molecule has 0 saturated carbocycles. The van der Waals surface area contributed by atoms with Gasteiger partial charge in [-0.2, -0.15) is 0 Å². The van der Waals surface area contributed by atoms with Crippen molar-refractivity contribution in [3.8, 4) is 0 Å². The summed E-state index contributed by atoms with van der Waals surface area (Å²) in [5, 5.41) is 5.50. The van der Waals surface area contributed by atoms with Gasteiger partial charge in [-0.15, -0.1) is 5.10 Å². The fourth-order valence-electron chi connectivity index (χ4n) is 1.15. The summed E-state index contributed by atoms with van der Waals surface area (Å²) < 4.78 is 16.9. The van der Waals surface area contributed by atoms with Crippen LogP contribution in [0.1, 0.15) is 16.1 Å². The maximum absolute atomic E-state index is 13.0. The standard InChI is InChI=1S/C11H6BrFN2OS/c12-9-5-7(1-3-10(9)13)11(16)4-2-8-6-17-15-14-8/h1-6H/b4-2+. The van der Waals surface area contributed by atoms with Crippen LogP contribution in [0.2, 0.25) is 0 Å². The Kier molecular flexibility index (Phi) is 3.75. The van der Waals surface area contributed by atoms with E-state index in [1.54, 1.807) is 11.5 Å². The number of carbonyl (C=O) groups is 1. The predicted octanol–water partition coefficient (Wildman–Crippen LogP) is 3.34. The molecule has 0 unspecified atom stereocenters. The molecule has 17 heavy (non-hydrogen) atoms. The fraction of sp³-hybridized carbons (Fsp3) is 0. The van der Waals surface area contributed by atoms with Crippen molar-refractivity contribution in [3.63, 3.8) is 0 Å². The summed E-state index contributed by atoms with van der Waals surface area (Å²) in [5.74, 6) is -0.604. The normalized spacial score (nSPS) is 10.9. The van der Waals surface area contributed by atoms with Crippen LogP contribution in [0, 0.1) is 5.82 Å². The van der Waals surface area contributed by atoms with Crippen molar-refractivity contribution in [1.82, 2.24) is 9.59 Å². The largest absolute Gasteiger partial charge is 0.289 e. The Morgan fingerprint density at radius 1 is 1.47 bits per heavy atom. The number of hydrogen-bond donors (Lipinski definition) is 0. The summed E-state index contributed by atoms with van der Waals surface area (Å²) in [7, 11) is 0. The van der Waals surface area contributed by atoms with Gasteiger partial charge in [0.15, 0.2) is 5.78 Å². The first-order valence-electron chi connectivity index (χ1n) is 4.61. The highest BCUT2D eigenvalue weighted by molar-refractivity contribution is 9.10. The van der Waals surface area contributed by atoms with Gasteiger partial charge in [-0.3, -0.25) is 4.79 Å². The van der Waals surface area contributed by atoms with Crippen LogP contribution in [0.4, 0.5) is 4.39 Å². The molecule has 0 aliphatic carbocycles. The molecule has 0 spiro atoms. The second kappa shape index (κ2) is 5.29. The zero-order valence-electron chi connectivity index (χ0n) is 8.43. The van der Waals surface area contributed by atoms with E-state index >= 15 is 0 Å². The van der Waals surface area contributed by atoms with E-state index in [1.807, 2.05) is 0 Å². The molecule has 6 heteroatoms. The number of carbonyl (C=O) groups excluding carboxylic acids is 1. The Morgan fingerprint density at radius 3 is 2.94 bits per heavy atom. The van der Waals surface area contributed by atoms with Gasteiger partial charge in [0.2, 0.25) is 0 Å². The van der Waals surface area contributed by atoms with Crippen molar-refractivity contribution in [1.29, 1.82) is 0 Å². The zero-order valence-corrected chi connectivity index (χ0v) is 10.8. The third kappa shape index (κ3) is 3.04. The van der Waals surface area contributed by atoms with Crippen LogP contribution in [0.5, 0.6) is 0 Å². The van der Waals surface area contributed by atoms with Crippen LogP contribution in [-0.2, 0) is 0 Å². The number of hydrogen-bond acceptors (Lipinski definition) is 4. The topological polar surface area (TPSA) is 42.9 Å². The third-order valence-electron chi connectivity index (χ3n) is 1.99. The number of nitrogens with zero attached hydrogens (tertiary/aromatic N) is 2. The van der Waals surface area contributed by atoms with Gasteiger partial charge in [0.1, 0.15) is 5.82 Å². The summed E-state index contributed by atoms with van der Waals surface area (Å²) in [5.41, 5.74) is 1.04. The van der Waals surface area contributed by atoms with Crippen LogP contribution in [0.3, 0.4) is 0 Å². The molecule has 0 amide bonds. The number of ketones is 1. The van der Waals surface area contributed by atoms with E-state index in [4.69, 9.17) is 0 Å². The van der Waals surface area contributed by atoms with Gasteiger partial charge < -0.3 is 0 Å². The van der Waals surface area contributed by atoms with Gasteiger partial charge in [0.05, 0.1) is 10.2 Å². The lowest BCUT2D eigenvalue weighted by Gasteiger charge is -1.97. The highest BCUT2D eigenvalue weighted by Gasteiger charge is 2.05. The number of halogens is 2. The maximum atomic E-state index is 13.0. The van der Waals surface area contributed by atoms with E-state index in [2.05, 4.69) is 25.5 Å². The van der Waals surface area contributed by atoms with Crippen molar-refractivity contribution in [2.24, 2.45) is 0 Å². The molecular formula is C11H6BrFN2OS. The molecule has 1 aromatic carbocycles. The first-order valence-corrected chi connectivity index (χ1v) is 6.24. The van der Waals surface area contributed by atoms with E-state index in [-0.39, 0.29) is 10.3 Å². The highest BCUT2D eigenvalue weighted by atomic mass is 79.9. The monoisotopic (exact) mass is 312 g/mol. The first-order chi connectivity index (χ1) is 8.16. The quantitative estimate of drug-likeness (QED) is 0.645. The van der Waals surface area contributed by atoms with Crippen molar-refractivity contribution >= 4 is 39.3 Å². The molecule has 0 atom stereocenters. The van der Waals surface area contributed by atoms with Crippen molar-refractivity contribution in [2.75, 3.05) is 0 Å². The molecule has 0 aliphatic rings. The van der Waals surface area contributed by atoms with E-state index in [0.29, 0.717) is 11.3 Å². The minimum absolute atomic E-state index is 0.210. The number of allylic oxidation sites excluding steroid dienone is 1. The molecule has 0 saturated heterocycles. The SMILES string of the molecule is O=C(/C=C/c1csnn1)c1ccc(F)c(Br)c1. The van der Waals surface area contributed by atoms with Crippen LogP contribution in [0.25, 0.3) is 6.08 Å². The van der Waals surface area contributed by atoms with Crippen LogP contribution < -0.4 is 0 Å². The average Bonchev–Trinajstić information content (AvgIpc) is 2.82. The molecule has 0 N–H and O–H groups in total. The van der Waals surface area contributed by atoms with Crippen molar-refractivity contribution < 1.29 is 9.18 Å². The summed E-state index contributed by atoms with van der Waals surface area (Å²) in [6, 6.07) is 4.13. The van der Waals surface area contributed by atoms with Gasteiger partial charge in [0.25, 0.3) is 0 Å². The lowest BCUT2D eigenvalue weighted by molar-refractivity contribution is 0.104. The predicted molar refractivity (Wildman–Crippen MR) is 67.4 cm³/mol. The molecular weight excluding hydrogens is 307 g/mol. The summed E-state index contributed by atoms with van der Waals surface area (Å²) in [6.45, 7) is 0. The number of rotatable bonds is 3. The first kappa shape index (κ1) is 12.1. The van der Waals surface area contributed by atoms with Crippen LogP contribution >= 0.6 is 27.5 Å². The molecule has 1 heterocycles. The summed E-state index contributed by atoms with van der Waals surface area (Å²) >= 11 is 4.24. The Morgan fingerprint density at radius 2 is 2.29 bits per heavy atom. The highest BCUT2D eigenvalue weighted by Crippen LogP contribution is 2.17. The van der Waals surface area contributed by atoms with Crippen molar-refractivity contribution in [3.05, 3.63) is 51.2 Å². The van der Waals surface area contributed by atoms with Gasteiger partial charge in [-0.25, -0.2) is 4.39 Å². The average molecular weight is 313 g/mol. The van der Waals surface area contributed by atoms with Crippen LogP contribution in [0.15, 0.2) is 34.1 Å². The zero-order chi connectivity index (χ0) is 12.3. The number of benzene rings is 1. The Labute approximate surface area is 109 Å². The van der Waals surface area contributed by atoms with Crippen molar-refractivity contribution in [2.45, 2.75) is 0 Å². The van der Waals surface area contributed by atoms with Gasteiger partial charge in [-0.1, -0.05) is 4.49 Å². The molecule has 0 bridgehead atoms. The van der Waals surface area contributed by atoms with Gasteiger partial charge in [0, 0.05) is 10.9 Å². The molecule has 0 aliphatic heterocycles. The number of aromatic nitrogens is 2. The minimum Gasteiger partial charge on any atom is -0.289 e. The molecule has 1 aromatic heterocycles. The van der Waals surface area contributed by atoms with E-state index in [9.17, 15) is 9.18 Å². The van der Waals surface area contributed by atoms with Gasteiger partial charge in [-0.05, 0) is 57.8 Å². The molecule has 0 radical (unpaired) electrons. The second-order valence-electron chi connectivity index (χ2n) is 3.16. The van der Waals surface area contributed by atoms with E-state index in [1.165, 1.54) is 35.8 Å². The summed E-state index contributed by atoms with van der Waals surface area (Å²) in [6.07, 6.45) is 2.96. The van der Waals surface area contributed by atoms with Gasteiger partial charge >= 0.3 is 0 Å². The molecule has 3 nitrogen and oxygen atoms in total. The fourth-order valence-corrected chi connectivity index (χ4v) is 1.95. The second-order valence-corrected chi connectivity index (χ2v) is 4.62. The third-order valence-corrected chi connectivity index (χ3v) is 3.12. The smallest absolute Gasteiger partial charge is 0.185 e.